The van der Waals surface area contributed by atoms with Crippen LogP contribution in [0.1, 0.15) is 22.5 Å². The number of carbonyl (C=O) groups is 1. The number of halogens is 10. The fourth-order valence-electron chi connectivity index (χ4n) is 3.86. The Balaban J connectivity index is 1.53. The summed E-state index contributed by atoms with van der Waals surface area (Å²) >= 11 is 0. The number of carbonyl (C=O) groups excluding carboxylic acids is 1. The smallest absolute Gasteiger partial charge is 0.355 e. The van der Waals surface area contributed by atoms with Gasteiger partial charge < -0.3 is 15.2 Å². The normalized spacial score (nSPS) is 14.7. The van der Waals surface area contributed by atoms with Crippen LogP contribution in [0.2, 0.25) is 0 Å². The molecule has 0 spiro atoms. The van der Waals surface area contributed by atoms with Crippen molar-refractivity contribution in [3.63, 3.8) is 0 Å². The van der Waals surface area contributed by atoms with Crippen molar-refractivity contribution in [3.8, 4) is 11.4 Å². The molecule has 0 atom stereocenters. The number of aromatic nitrogens is 3. The number of amides is 1. The highest BCUT2D eigenvalue weighted by Crippen LogP contribution is 2.39. The van der Waals surface area contributed by atoms with Gasteiger partial charge in [-0.2, -0.15) is 39.5 Å². The van der Waals surface area contributed by atoms with E-state index in [0.29, 0.717) is 12.1 Å². The number of hydrogen-bond acceptors (Lipinski definition) is 5. The standard InChI is InChI=1S/C23H15F10N5O2/c24-18-10(7-34-20(40)11-8-38(9-11)15-3-1-2-13(35-15)22(28,29)30)4-5-12(21(25,26)27)17(18)19-36-14(23(31,32)33)6-16(39)37-19/h1-6,11H,7-9H2,(H,34,40)(H,36,37,39). The molecule has 214 valence electrons. The van der Waals surface area contributed by atoms with E-state index in [-0.39, 0.29) is 25.0 Å². The summed E-state index contributed by atoms with van der Waals surface area (Å²) in [6.45, 7) is -0.816. The van der Waals surface area contributed by atoms with Gasteiger partial charge in [0.15, 0.2) is 5.69 Å². The van der Waals surface area contributed by atoms with Crippen molar-refractivity contribution in [2.45, 2.75) is 25.1 Å². The first-order valence-electron chi connectivity index (χ1n) is 11.1. The van der Waals surface area contributed by atoms with Crippen molar-refractivity contribution in [1.82, 2.24) is 20.3 Å². The summed E-state index contributed by atoms with van der Waals surface area (Å²) in [7, 11) is 0. The number of anilines is 1. The fraction of sp³-hybridized carbons (Fsp3) is 0.304. The Kier molecular flexibility index (Phi) is 7.27. The first-order chi connectivity index (χ1) is 18.4. The topological polar surface area (TPSA) is 91.0 Å². The molecule has 2 aromatic heterocycles. The highest BCUT2D eigenvalue weighted by Gasteiger charge is 2.39. The van der Waals surface area contributed by atoms with Gasteiger partial charge in [-0.1, -0.05) is 12.1 Å². The molecule has 0 aliphatic carbocycles. The lowest BCUT2D eigenvalue weighted by molar-refractivity contribution is -0.142. The Morgan fingerprint density at radius 3 is 2.17 bits per heavy atom. The zero-order chi connectivity index (χ0) is 29.6. The Morgan fingerprint density at radius 1 is 0.925 bits per heavy atom. The predicted molar refractivity (Wildman–Crippen MR) is 117 cm³/mol. The van der Waals surface area contributed by atoms with Crippen LogP contribution in [0.3, 0.4) is 0 Å². The quantitative estimate of drug-likeness (QED) is 0.422. The van der Waals surface area contributed by atoms with Crippen molar-refractivity contribution < 1.29 is 48.7 Å². The van der Waals surface area contributed by atoms with Gasteiger partial charge in [-0.25, -0.2) is 14.4 Å². The molecular weight excluding hydrogens is 568 g/mol. The fourth-order valence-corrected chi connectivity index (χ4v) is 3.86. The maximum Gasteiger partial charge on any atom is 0.433 e. The minimum absolute atomic E-state index is 0.00442. The summed E-state index contributed by atoms with van der Waals surface area (Å²) in [5.41, 5.74) is -8.19. The number of rotatable bonds is 5. The Morgan fingerprint density at radius 2 is 1.57 bits per heavy atom. The number of benzene rings is 1. The van der Waals surface area contributed by atoms with E-state index in [2.05, 4.69) is 15.3 Å². The third kappa shape index (κ3) is 6.02. The molecule has 0 radical (unpaired) electrons. The van der Waals surface area contributed by atoms with Crippen LogP contribution in [0.5, 0.6) is 0 Å². The zero-order valence-electron chi connectivity index (χ0n) is 19.6. The summed E-state index contributed by atoms with van der Waals surface area (Å²) in [6.07, 6.45) is -15.2. The van der Waals surface area contributed by atoms with Crippen molar-refractivity contribution in [2.75, 3.05) is 18.0 Å². The Bertz CT molecular complexity index is 1490. The highest BCUT2D eigenvalue weighted by atomic mass is 19.4. The van der Waals surface area contributed by atoms with Crippen LogP contribution in [0, 0.1) is 11.7 Å². The van der Waals surface area contributed by atoms with Crippen LogP contribution in [-0.4, -0.2) is 33.9 Å². The average molecular weight is 583 g/mol. The maximum absolute atomic E-state index is 15.3. The first kappa shape index (κ1) is 28.8. The van der Waals surface area contributed by atoms with E-state index in [0.717, 1.165) is 12.1 Å². The van der Waals surface area contributed by atoms with Crippen molar-refractivity contribution in [1.29, 1.82) is 0 Å². The van der Waals surface area contributed by atoms with Gasteiger partial charge in [-0.3, -0.25) is 9.59 Å². The van der Waals surface area contributed by atoms with E-state index in [1.165, 1.54) is 11.0 Å². The number of nitrogens with zero attached hydrogens (tertiary/aromatic N) is 3. The van der Waals surface area contributed by atoms with E-state index >= 15 is 4.39 Å². The van der Waals surface area contributed by atoms with Crippen LogP contribution >= 0.6 is 0 Å². The molecule has 40 heavy (non-hydrogen) atoms. The number of alkyl halides is 9. The summed E-state index contributed by atoms with van der Waals surface area (Å²) in [5, 5.41) is 2.27. The second-order valence-electron chi connectivity index (χ2n) is 8.63. The molecular formula is C23H15F10N5O2. The molecule has 1 fully saturated rings. The van der Waals surface area contributed by atoms with Gasteiger partial charge in [0.25, 0.3) is 5.56 Å². The molecule has 3 heterocycles. The molecule has 7 nitrogen and oxygen atoms in total. The lowest BCUT2D eigenvalue weighted by Crippen LogP contribution is -2.54. The molecule has 17 heteroatoms. The number of H-pyrrole nitrogens is 1. The lowest BCUT2D eigenvalue weighted by Gasteiger charge is -2.39. The van der Waals surface area contributed by atoms with Gasteiger partial charge in [0, 0.05) is 31.3 Å². The number of nitrogens with one attached hydrogen (secondary N) is 2. The van der Waals surface area contributed by atoms with Crippen LogP contribution in [0.4, 0.5) is 49.7 Å². The van der Waals surface area contributed by atoms with Gasteiger partial charge in [0.2, 0.25) is 5.91 Å². The van der Waals surface area contributed by atoms with Crippen LogP contribution in [-0.2, 0) is 29.9 Å². The molecule has 1 aromatic carbocycles. The van der Waals surface area contributed by atoms with Gasteiger partial charge in [-0.15, -0.1) is 0 Å². The molecule has 1 amide bonds. The summed E-state index contributed by atoms with van der Waals surface area (Å²) in [5.74, 6) is -4.54. The summed E-state index contributed by atoms with van der Waals surface area (Å²) in [6, 6.07) is 4.23. The van der Waals surface area contributed by atoms with Crippen LogP contribution < -0.4 is 15.8 Å². The van der Waals surface area contributed by atoms with Crippen molar-refractivity contribution >= 4 is 11.7 Å². The predicted octanol–water partition coefficient (Wildman–Crippen LogP) is 4.78. The van der Waals surface area contributed by atoms with Crippen molar-refractivity contribution in [3.05, 3.63) is 75.1 Å². The molecule has 1 aliphatic heterocycles. The van der Waals surface area contributed by atoms with E-state index in [1.54, 1.807) is 4.98 Å². The van der Waals surface area contributed by atoms with Crippen molar-refractivity contribution in [2.24, 2.45) is 5.92 Å². The Hall–Kier alpha value is -4.18. The number of hydrogen-bond donors (Lipinski definition) is 2. The summed E-state index contributed by atoms with van der Waals surface area (Å²) in [4.78, 5) is 33.7. The zero-order valence-corrected chi connectivity index (χ0v) is 19.6. The molecule has 3 aromatic rings. The number of pyridine rings is 1. The first-order valence-corrected chi connectivity index (χ1v) is 11.1. The molecule has 1 aliphatic rings. The van der Waals surface area contributed by atoms with Gasteiger partial charge in [0.1, 0.15) is 23.2 Å². The van der Waals surface area contributed by atoms with Gasteiger partial charge in [0.05, 0.1) is 17.0 Å². The molecule has 4 rings (SSSR count). The second kappa shape index (κ2) is 10.1. The van der Waals surface area contributed by atoms with Gasteiger partial charge >= 0.3 is 18.5 Å². The summed E-state index contributed by atoms with van der Waals surface area (Å²) < 4.78 is 134. The van der Waals surface area contributed by atoms with E-state index < -0.39 is 82.2 Å². The van der Waals surface area contributed by atoms with E-state index in [1.807, 2.05) is 0 Å². The minimum Gasteiger partial charge on any atom is -0.355 e. The van der Waals surface area contributed by atoms with E-state index in [4.69, 9.17) is 0 Å². The van der Waals surface area contributed by atoms with Gasteiger partial charge in [-0.05, 0) is 18.2 Å². The maximum atomic E-state index is 15.3. The number of aromatic amines is 1. The molecule has 1 saturated heterocycles. The third-order valence-corrected chi connectivity index (χ3v) is 5.85. The lowest BCUT2D eigenvalue weighted by atomic mass is 9.98. The molecule has 0 unspecified atom stereocenters. The molecule has 0 bridgehead atoms. The largest absolute Gasteiger partial charge is 0.433 e. The third-order valence-electron chi connectivity index (χ3n) is 5.85. The highest BCUT2D eigenvalue weighted by molar-refractivity contribution is 5.81. The van der Waals surface area contributed by atoms with Crippen LogP contribution in [0.25, 0.3) is 11.4 Å². The average Bonchev–Trinajstić information content (AvgIpc) is 2.80. The molecule has 2 N–H and O–H groups in total. The molecule has 0 saturated carbocycles. The minimum atomic E-state index is -5.25. The van der Waals surface area contributed by atoms with E-state index in [9.17, 15) is 49.1 Å². The van der Waals surface area contributed by atoms with Crippen LogP contribution in [0.15, 0.2) is 41.2 Å². The second-order valence-corrected chi connectivity index (χ2v) is 8.63. The monoisotopic (exact) mass is 583 g/mol. The Labute approximate surface area is 216 Å². The SMILES string of the molecule is O=C(NCc1ccc(C(F)(F)F)c(-c2nc(C(F)(F)F)cc(=O)[nH]2)c1F)C1CN(c2cccc(C(F)(F)F)n2)C1.